The average Bonchev–Trinajstić information content (AvgIpc) is 2.67. The zero-order valence-corrected chi connectivity index (χ0v) is 17.0. The van der Waals surface area contributed by atoms with Gasteiger partial charge in [0.1, 0.15) is 5.75 Å². The molecule has 0 saturated heterocycles. The first-order chi connectivity index (χ1) is 13.3. The molecule has 0 fully saturated rings. The Hall–Kier alpha value is -1.18. The summed E-state index contributed by atoms with van der Waals surface area (Å²) >= 11 is 0. The van der Waals surface area contributed by atoms with Crippen molar-refractivity contribution in [2.45, 2.75) is 20.3 Å². The van der Waals surface area contributed by atoms with E-state index in [-0.39, 0.29) is 0 Å². The van der Waals surface area contributed by atoms with Crippen LogP contribution in [0, 0.1) is 5.92 Å². The summed E-state index contributed by atoms with van der Waals surface area (Å²) in [6.45, 7) is 11.9. The molecule has 0 aliphatic carbocycles. The summed E-state index contributed by atoms with van der Waals surface area (Å²) in [7, 11) is 0. The lowest BCUT2D eigenvalue weighted by atomic mass is 10.2. The molecule has 0 unspecified atom stereocenters. The van der Waals surface area contributed by atoms with Gasteiger partial charge in [0, 0.05) is 19.6 Å². The predicted molar refractivity (Wildman–Crippen MR) is 108 cm³/mol. The van der Waals surface area contributed by atoms with Crippen LogP contribution in [0.5, 0.6) is 5.75 Å². The van der Waals surface area contributed by atoms with Crippen LogP contribution in [-0.2, 0) is 18.9 Å². The van der Waals surface area contributed by atoms with Gasteiger partial charge in [-0.2, -0.15) is 0 Å². The van der Waals surface area contributed by atoms with Crippen molar-refractivity contribution >= 4 is 0 Å². The molecule has 0 saturated carbocycles. The molecule has 6 heteroatoms. The van der Waals surface area contributed by atoms with Crippen LogP contribution < -0.4 is 10.1 Å². The molecule has 0 aliphatic rings. The lowest BCUT2D eigenvalue weighted by molar-refractivity contribution is -0.00240. The molecule has 0 heterocycles. The molecule has 6 nitrogen and oxygen atoms in total. The molecule has 0 aromatic heterocycles. The molecule has 1 aromatic rings. The van der Waals surface area contributed by atoms with Crippen molar-refractivity contribution in [3.8, 4) is 5.75 Å². The normalized spacial score (nSPS) is 11.2. The van der Waals surface area contributed by atoms with Crippen LogP contribution in [0.2, 0.25) is 0 Å². The summed E-state index contributed by atoms with van der Waals surface area (Å²) in [5.41, 5.74) is 0. The second kappa shape index (κ2) is 18.2. The Labute approximate surface area is 164 Å². The third kappa shape index (κ3) is 16.7. The van der Waals surface area contributed by atoms with E-state index in [1.165, 1.54) is 0 Å². The summed E-state index contributed by atoms with van der Waals surface area (Å²) < 4.78 is 27.5. The van der Waals surface area contributed by atoms with E-state index >= 15 is 0 Å². The molecular formula is C21H37NO5. The fourth-order valence-electron chi connectivity index (χ4n) is 2.16. The largest absolute Gasteiger partial charge is 0.494 e. The molecule has 156 valence electrons. The van der Waals surface area contributed by atoms with Crippen LogP contribution in [0.25, 0.3) is 0 Å². The first-order valence-electron chi connectivity index (χ1n) is 9.98. The maximum Gasteiger partial charge on any atom is 0.119 e. The van der Waals surface area contributed by atoms with Gasteiger partial charge in [-0.15, -0.1) is 0 Å². The van der Waals surface area contributed by atoms with E-state index in [0.29, 0.717) is 58.8 Å². The fourth-order valence-corrected chi connectivity index (χ4v) is 2.16. The quantitative estimate of drug-likeness (QED) is 0.371. The summed E-state index contributed by atoms with van der Waals surface area (Å²) in [4.78, 5) is 0. The molecule has 0 spiro atoms. The number of nitrogens with one attached hydrogen (secondary N) is 1. The van der Waals surface area contributed by atoms with Crippen molar-refractivity contribution in [1.29, 1.82) is 0 Å². The Morgan fingerprint density at radius 2 is 1.26 bits per heavy atom. The van der Waals surface area contributed by atoms with Gasteiger partial charge in [-0.3, -0.25) is 0 Å². The zero-order chi connectivity index (χ0) is 19.4. The molecule has 0 bridgehead atoms. The van der Waals surface area contributed by atoms with Crippen LogP contribution >= 0.6 is 0 Å². The summed E-state index contributed by atoms with van der Waals surface area (Å²) in [5, 5.41) is 3.33. The van der Waals surface area contributed by atoms with Crippen molar-refractivity contribution < 1.29 is 23.7 Å². The van der Waals surface area contributed by atoms with E-state index in [4.69, 9.17) is 23.7 Å². The monoisotopic (exact) mass is 383 g/mol. The highest BCUT2D eigenvalue weighted by molar-refractivity contribution is 5.20. The molecule has 0 atom stereocenters. The highest BCUT2D eigenvalue weighted by Crippen LogP contribution is 2.08. The highest BCUT2D eigenvalue weighted by Gasteiger charge is 1.95. The molecule has 0 radical (unpaired) electrons. The Kier molecular flexibility index (Phi) is 16.1. The smallest absolute Gasteiger partial charge is 0.119 e. The van der Waals surface area contributed by atoms with E-state index in [0.717, 1.165) is 31.9 Å². The van der Waals surface area contributed by atoms with Crippen molar-refractivity contribution in [2.75, 3.05) is 72.6 Å². The number of para-hydroxylation sites is 1. The van der Waals surface area contributed by atoms with Gasteiger partial charge in [0.25, 0.3) is 0 Å². The van der Waals surface area contributed by atoms with Crippen LogP contribution in [0.15, 0.2) is 30.3 Å². The number of ether oxygens (including phenoxy) is 5. The van der Waals surface area contributed by atoms with E-state index < -0.39 is 0 Å². The van der Waals surface area contributed by atoms with E-state index in [2.05, 4.69) is 19.2 Å². The van der Waals surface area contributed by atoms with Crippen LogP contribution in [0.4, 0.5) is 0 Å². The molecule has 27 heavy (non-hydrogen) atoms. The van der Waals surface area contributed by atoms with Crippen LogP contribution in [-0.4, -0.2) is 72.6 Å². The number of hydrogen-bond donors (Lipinski definition) is 1. The fraction of sp³-hybridized carbons (Fsp3) is 0.714. The van der Waals surface area contributed by atoms with E-state index in [1.54, 1.807) is 0 Å². The lowest BCUT2D eigenvalue weighted by Crippen LogP contribution is -2.24. The van der Waals surface area contributed by atoms with Gasteiger partial charge >= 0.3 is 0 Å². The first kappa shape index (κ1) is 23.9. The lowest BCUT2D eigenvalue weighted by Gasteiger charge is -2.09. The van der Waals surface area contributed by atoms with Gasteiger partial charge in [-0.25, -0.2) is 0 Å². The van der Waals surface area contributed by atoms with Gasteiger partial charge in [0.05, 0.1) is 52.9 Å². The van der Waals surface area contributed by atoms with Gasteiger partial charge < -0.3 is 29.0 Å². The summed E-state index contributed by atoms with van der Waals surface area (Å²) in [6.07, 6.45) is 0.866. The van der Waals surface area contributed by atoms with Crippen molar-refractivity contribution in [1.82, 2.24) is 5.32 Å². The third-order valence-electron chi connectivity index (χ3n) is 3.54. The summed E-state index contributed by atoms with van der Waals surface area (Å²) in [5.74, 6) is 1.57. The third-order valence-corrected chi connectivity index (χ3v) is 3.54. The zero-order valence-electron chi connectivity index (χ0n) is 17.0. The highest BCUT2D eigenvalue weighted by atomic mass is 16.6. The Bertz CT molecular complexity index is 416. The van der Waals surface area contributed by atoms with Gasteiger partial charge in [-0.05, 0) is 24.6 Å². The molecular weight excluding hydrogens is 346 g/mol. The van der Waals surface area contributed by atoms with Crippen molar-refractivity contribution in [3.05, 3.63) is 30.3 Å². The molecule has 0 aliphatic heterocycles. The maximum atomic E-state index is 5.59. The second-order valence-electron chi connectivity index (χ2n) is 6.56. The minimum absolute atomic E-state index is 0.580. The average molecular weight is 384 g/mol. The Morgan fingerprint density at radius 1 is 0.704 bits per heavy atom. The second-order valence-corrected chi connectivity index (χ2v) is 6.56. The molecule has 0 amide bonds. The predicted octanol–water partition coefficient (Wildman–Crippen LogP) is 2.77. The summed E-state index contributed by atoms with van der Waals surface area (Å²) in [6, 6.07) is 9.81. The number of hydrogen-bond acceptors (Lipinski definition) is 6. The molecule has 1 rings (SSSR count). The van der Waals surface area contributed by atoms with E-state index in [1.807, 2.05) is 30.3 Å². The van der Waals surface area contributed by atoms with E-state index in [9.17, 15) is 0 Å². The molecule has 1 N–H and O–H groups in total. The Morgan fingerprint density at radius 3 is 1.85 bits per heavy atom. The first-order valence-corrected chi connectivity index (χ1v) is 9.98. The number of benzene rings is 1. The SMILES string of the molecule is CC(C)CNCCOCCOCCOCCOCCCOc1ccccc1. The van der Waals surface area contributed by atoms with Crippen LogP contribution in [0.1, 0.15) is 20.3 Å². The van der Waals surface area contributed by atoms with Gasteiger partial charge in [0.2, 0.25) is 0 Å². The van der Waals surface area contributed by atoms with Crippen molar-refractivity contribution in [2.24, 2.45) is 5.92 Å². The minimum Gasteiger partial charge on any atom is -0.494 e. The molecule has 1 aromatic carbocycles. The maximum absolute atomic E-state index is 5.59. The van der Waals surface area contributed by atoms with Crippen molar-refractivity contribution in [3.63, 3.8) is 0 Å². The minimum atomic E-state index is 0.580. The standard InChI is InChI=1S/C21H37NO5/c1-20(2)19-22-9-12-24-14-16-26-18-17-25-15-13-23-10-6-11-27-21-7-4-3-5-8-21/h3-5,7-8,20,22H,6,9-19H2,1-2H3. The van der Waals surface area contributed by atoms with Crippen LogP contribution in [0.3, 0.4) is 0 Å². The van der Waals surface area contributed by atoms with Gasteiger partial charge in [-0.1, -0.05) is 32.0 Å². The number of rotatable bonds is 19. The Balaban J connectivity index is 1.69. The van der Waals surface area contributed by atoms with Gasteiger partial charge in [0.15, 0.2) is 0 Å². The topological polar surface area (TPSA) is 58.2 Å².